The van der Waals surface area contributed by atoms with Gasteiger partial charge >= 0.3 is 0 Å². The molecule has 98 valence electrons. The van der Waals surface area contributed by atoms with Crippen LogP contribution in [0.2, 0.25) is 0 Å². The van der Waals surface area contributed by atoms with Gasteiger partial charge in [0.05, 0.1) is 18.8 Å². The lowest BCUT2D eigenvalue weighted by Crippen LogP contribution is -2.06. The zero-order chi connectivity index (χ0) is 13.1. The number of fused-ring (bicyclic) bond motifs is 1. The average Bonchev–Trinajstić information content (AvgIpc) is 2.89. The highest BCUT2D eigenvalue weighted by Crippen LogP contribution is 2.34. The zero-order valence-corrected chi connectivity index (χ0v) is 11.1. The number of pyridine rings is 1. The Morgan fingerprint density at radius 3 is 3.05 bits per heavy atom. The number of aromatic nitrogens is 1. The Morgan fingerprint density at radius 1 is 1.32 bits per heavy atom. The van der Waals surface area contributed by atoms with E-state index in [2.05, 4.69) is 47.6 Å². The third-order valence-corrected chi connectivity index (χ3v) is 3.38. The summed E-state index contributed by atoms with van der Waals surface area (Å²) >= 11 is 0. The number of para-hydroxylation sites is 1. The predicted octanol–water partition coefficient (Wildman–Crippen LogP) is 3.58. The summed E-state index contributed by atoms with van der Waals surface area (Å²) in [6.07, 6.45) is 5.72. The minimum absolute atomic E-state index is 0.301. The molecule has 0 aliphatic carbocycles. The third kappa shape index (κ3) is 2.55. The summed E-state index contributed by atoms with van der Waals surface area (Å²) in [6, 6.07) is 10.8. The SMILES string of the molecule is CCCOc1cncc(C2Cc3ccccc3N2)c1. The Labute approximate surface area is 113 Å². The summed E-state index contributed by atoms with van der Waals surface area (Å²) in [5, 5.41) is 3.54. The molecule has 0 saturated heterocycles. The average molecular weight is 254 g/mol. The van der Waals surface area contributed by atoms with Gasteiger partial charge in [0.15, 0.2) is 0 Å². The summed E-state index contributed by atoms with van der Waals surface area (Å²) in [4.78, 5) is 4.28. The van der Waals surface area contributed by atoms with E-state index in [1.54, 1.807) is 6.20 Å². The van der Waals surface area contributed by atoms with E-state index in [0.717, 1.165) is 25.2 Å². The second-order valence-electron chi connectivity index (χ2n) is 4.86. The van der Waals surface area contributed by atoms with Gasteiger partial charge in [-0.25, -0.2) is 0 Å². The minimum atomic E-state index is 0.301. The number of nitrogens with zero attached hydrogens (tertiary/aromatic N) is 1. The number of hydrogen-bond donors (Lipinski definition) is 1. The van der Waals surface area contributed by atoms with Crippen LogP contribution in [0.4, 0.5) is 5.69 Å². The van der Waals surface area contributed by atoms with Crippen molar-refractivity contribution in [2.24, 2.45) is 0 Å². The second-order valence-corrected chi connectivity index (χ2v) is 4.86. The van der Waals surface area contributed by atoms with Gasteiger partial charge in [0.1, 0.15) is 5.75 Å². The molecule has 1 N–H and O–H groups in total. The van der Waals surface area contributed by atoms with E-state index < -0.39 is 0 Å². The smallest absolute Gasteiger partial charge is 0.137 e. The molecule has 19 heavy (non-hydrogen) atoms. The highest BCUT2D eigenvalue weighted by Gasteiger charge is 2.21. The van der Waals surface area contributed by atoms with Gasteiger partial charge in [-0.3, -0.25) is 4.98 Å². The van der Waals surface area contributed by atoms with Crippen molar-refractivity contribution >= 4 is 5.69 Å². The maximum absolute atomic E-state index is 5.64. The van der Waals surface area contributed by atoms with E-state index in [4.69, 9.17) is 4.74 Å². The first-order valence-electron chi connectivity index (χ1n) is 6.79. The van der Waals surface area contributed by atoms with Crippen molar-refractivity contribution in [3.05, 3.63) is 53.9 Å². The molecule has 2 heterocycles. The van der Waals surface area contributed by atoms with Crippen molar-refractivity contribution in [3.8, 4) is 5.75 Å². The molecule has 1 atom stereocenters. The molecule has 0 bridgehead atoms. The van der Waals surface area contributed by atoms with E-state index in [-0.39, 0.29) is 0 Å². The van der Waals surface area contributed by atoms with Crippen molar-refractivity contribution in [1.29, 1.82) is 0 Å². The Kier molecular flexibility index (Phi) is 3.36. The number of benzene rings is 1. The van der Waals surface area contributed by atoms with Crippen molar-refractivity contribution < 1.29 is 4.74 Å². The van der Waals surface area contributed by atoms with Crippen LogP contribution >= 0.6 is 0 Å². The fourth-order valence-corrected chi connectivity index (χ4v) is 2.42. The summed E-state index contributed by atoms with van der Waals surface area (Å²) in [6.45, 7) is 2.84. The number of ether oxygens (including phenoxy) is 1. The molecule has 0 fully saturated rings. The molecule has 1 aromatic carbocycles. The number of anilines is 1. The summed E-state index contributed by atoms with van der Waals surface area (Å²) in [5.41, 5.74) is 3.78. The second kappa shape index (κ2) is 5.31. The standard InChI is InChI=1S/C16H18N2O/c1-2-7-19-14-8-13(10-17-11-14)16-9-12-5-3-4-6-15(12)18-16/h3-6,8,10-11,16,18H,2,7,9H2,1H3. The van der Waals surface area contributed by atoms with Gasteiger partial charge in [-0.2, -0.15) is 0 Å². The lowest BCUT2D eigenvalue weighted by Gasteiger charge is -2.13. The number of rotatable bonds is 4. The number of hydrogen-bond acceptors (Lipinski definition) is 3. The van der Waals surface area contributed by atoms with Crippen molar-refractivity contribution in [2.45, 2.75) is 25.8 Å². The van der Waals surface area contributed by atoms with Crippen LogP contribution in [0.1, 0.15) is 30.5 Å². The van der Waals surface area contributed by atoms with Gasteiger partial charge in [0.2, 0.25) is 0 Å². The van der Waals surface area contributed by atoms with Crippen molar-refractivity contribution in [2.75, 3.05) is 11.9 Å². The molecule has 1 aromatic heterocycles. The zero-order valence-electron chi connectivity index (χ0n) is 11.1. The predicted molar refractivity (Wildman–Crippen MR) is 76.5 cm³/mol. The highest BCUT2D eigenvalue weighted by molar-refractivity contribution is 5.58. The van der Waals surface area contributed by atoms with Crippen LogP contribution in [0.5, 0.6) is 5.75 Å². The van der Waals surface area contributed by atoms with E-state index in [1.165, 1.54) is 16.8 Å². The lowest BCUT2D eigenvalue weighted by atomic mass is 10.0. The first-order chi connectivity index (χ1) is 9.36. The van der Waals surface area contributed by atoms with Gasteiger partial charge in [0.25, 0.3) is 0 Å². The van der Waals surface area contributed by atoms with Gasteiger partial charge in [0, 0.05) is 11.9 Å². The molecular formula is C16H18N2O. The Bertz CT molecular complexity index is 543. The molecule has 1 unspecified atom stereocenters. The molecule has 0 radical (unpaired) electrons. The Hall–Kier alpha value is -2.03. The highest BCUT2D eigenvalue weighted by atomic mass is 16.5. The van der Waals surface area contributed by atoms with Crippen molar-refractivity contribution in [1.82, 2.24) is 4.98 Å². The lowest BCUT2D eigenvalue weighted by molar-refractivity contribution is 0.315. The largest absolute Gasteiger partial charge is 0.492 e. The molecule has 3 rings (SSSR count). The van der Waals surface area contributed by atoms with Gasteiger partial charge < -0.3 is 10.1 Å². The molecule has 2 aromatic rings. The maximum atomic E-state index is 5.64. The fraction of sp³-hybridized carbons (Fsp3) is 0.312. The van der Waals surface area contributed by atoms with Crippen LogP contribution in [0.25, 0.3) is 0 Å². The molecule has 3 heteroatoms. The Balaban J connectivity index is 1.77. The monoisotopic (exact) mass is 254 g/mol. The van der Waals surface area contributed by atoms with E-state index in [1.807, 2.05) is 6.20 Å². The molecule has 0 spiro atoms. The van der Waals surface area contributed by atoms with E-state index in [9.17, 15) is 0 Å². The van der Waals surface area contributed by atoms with Gasteiger partial charge in [-0.1, -0.05) is 25.1 Å². The summed E-state index contributed by atoms with van der Waals surface area (Å²) < 4.78 is 5.64. The number of nitrogens with one attached hydrogen (secondary N) is 1. The maximum Gasteiger partial charge on any atom is 0.137 e. The molecule has 0 amide bonds. The summed E-state index contributed by atoms with van der Waals surface area (Å²) in [5.74, 6) is 0.858. The van der Waals surface area contributed by atoms with E-state index in [0.29, 0.717) is 6.04 Å². The molecular weight excluding hydrogens is 236 g/mol. The topological polar surface area (TPSA) is 34.1 Å². The fourth-order valence-electron chi connectivity index (χ4n) is 2.42. The Morgan fingerprint density at radius 2 is 2.21 bits per heavy atom. The first-order valence-corrected chi connectivity index (χ1v) is 6.79. The molecule has 3 nitrogen and oxygen atoms in total. The van der Waals surface area contributed by atoms with E-state index >= 15 is 0 Å². The molecule has 1 aliphatic rings. The van der Waals surface area contributed by atoms with Crippen LogP contribution in [0, 0.1) is 0 Å². The van der Waals surface area contributed by atoms with Gasteiger partial charge in [-0.05, 0) is 36.1 Å². The molecule has 1 aliphatic heterocycles. The van der Waals surface area contributed by atoms with Crippen LogP contribution in [0.3, 0.4) is 0 Å². The van der Waals surface area contributed by atoms with Crippen LogP contribution < -0.4 is 10.1 Å². The first kappa shape index (κ1) is 12.0. The minimum Gasteiger partial charge on any atom is -0.492 e. The summed E-state index contributed by atoms with van der Waals surface area (Å²) in [7, 11) is 0. The van der Waals surface area contributed by atoms with Crippen LogP contribution in [-0.4, -0.2) is 11.6 Å². The quantitative estimate of drug-likeness (QED) is 0.905. The van der Waals surface area contributed by atoms with Gasteiger partial charge in [-0.15, -0.1) is 0 Å². The van der Waals surface area contributed by atoms with Crippen LogP contribution in [0.15, 0.2) is 42.7 Å². The third-order valence-electron chi connectivity index (χ3n) is 3.38. The molecule has 0 saturated carbocycles. The normalized spacial score (nSPS) is 16.8. The van der Waals surface area contributed by atoms with Crippen molar-refractivity contribution in [3.63, 3.8) is 0 Å². The van der Waals surface area contributed by atoms with Crippen LogP contribution in [-0.2, 0) is 6.42 Å².